The SMILES string of the molecule is COC(=O)C[C@@]1(O)[C@@H](NC(=O)/C=C/c2ccccc2)CC(=O)C[C@H]1OC. The zero-order valence-electron chi connectivity index (χ0n) is 14.8. The van der Waals surface area contributed by atoms with Crippen molar-refractivity contribution < 1.29 is 29.0 Å². The van der Waals surface area contributed by atoms with Crippen LogP contribution < -0.4 is 5.32 Å². The number of carbonyl (C=O) groups is 3. The fourth-order valence-electron chi connectivity index (χ4n) is 3.06. The van der Waals surface area contributed by atoms with Crippen molar-refractivity contribution in [2.45, 2.75) is 37.0 Å². The van der Waals surface area contributed by atoms with Crippen LogP contribution in [0.1, 0.15) is 24.8 Å². The van der Waals surface area contributed by atoms with Gasteiger partial charge in [-0.15, -0.1) is 0 Å². The molecule has 26 heavy (non-hydrogen) atoms. The number of carbonyl (C=O) groups excluding carboxylic acids is 3. The lowest BCUT2D eigenvalue weighted by Crippen LogP contribution is -2.64. The first-order chi connectivity index (χ1) is 12.4. The topological polar surface area (TPSA) is 102 Å². The Kier molecular flexibility index (Phi) is 6.65. The van der Waals surface area contributed by atoms with Crippen molar-refractivity contribution in [3.63, 3.8) is 0 Å². The third kappa shape index (κ3) is 4.77. The minimum atomic E-state index is -1.73. The number of rotatable bonds is 6. The van der Waals surface area contributed by atoms with Crippen molar-refractivity contribution in [3.8, 4) is 0 Å². The Morgan fingerprint density at radius 3 is 2.58 bits per heavy atom. The van der Waals surface area contributed by atoms with Crippen LogP contribution in [0, 0.1) is 0 Å². The van der Waals surface area contributed by atoms with Crippen molar-refractivity contribution in [2.75, 3.05) is 14.2 Å². The number of Topliss-reactive ketones (excluding diaryl/α,β-unsaturated/α-hetero) is 1. The molecule has 0 bridgehead atoms. The molecule has 0 radical (unpaired) electrons. The summed E-state index contributed by atoms with van der Waals surface area (Å²) >= 11 is 0. The van der Waals surface area contributed by atoms with Gasteiger partial charge in [-0.2, -0.15) is 0 Å². The Balaban J connectivity index is 2.16. The molecule has 0 spiro atoms. The molecule has 7 nitrogen and oxygen atoms in total. The van der Waals surface area contributed by atoms with Crippen molar-refractivity contribution >= 4 is 23.7 Å². The second-order valence-corrected chi connectivity index (χ2v) is 6.22. The third-order valence-corrected chi connectivity index (χ3v) is 4.49. The molecule has 140 valence electrons. The van der Waals surface area contributed by atoms with Crippen LogP contribution in [-0.4, -0.2) is 54.7 Å². The summed E-state index contributed by atoms with van der Waals surface area (Å²) in [5.74, 6) is -1.29. The lowest BCUT2D eigenvalue weighted by atomic mass is 9.75. The Morgan fingerprint density at radius 2 is 1.96 bits per heavy atom. The van der Waals surface area contributed by atoms with E-state index in [0.29, 0.717) is 0 Å². The largest absolute Gasteiger partial charge is 0.469 e. The smallest absolute Gasteiger partial charge is 0.308 e. The van der Waals surface area contributed by atoms with Gasteiger partial charge in [-0.05, 0) is 11.6 Å². The minimum absolute atomic E-state index is 0.0315. The summed E-state index contributed by atoms with van der Waals surface area (Å²) < 4.78 is 9.85. The van der Waals surface area contributed by atoms with E-state index in [4.69, 9.17) is 4.74 Å². The molecular formula is C19H23NO6. The molecule has 0 saturated heterocycles. The zero-order chi connectivity index (χ0) is 19.2. The lowest BCUT2D eigenvalue weighted by molar-refractivity contribution is -0.171. The number of amides is 1. The van der Waals surface area contributed by atoms with Crippen LogP contribution in [-0.2, 0) is 23.9 Å². The van der Waals surface area contributed by atoms with Gasteiger partial charge in [-0.3, -0.25) is 14.4 Å². The summed E-state index contributed by atoms with van der Waals surface area (Å²) in [6.45, 7) is 0. The van der Waals surface area contributed by atoms with Crippen molar-refractivity contribution in [2.24, 2.45) is 0 Å². The Morgan fingerprint density at radius 1 is 1.27 bits per heavy atom. The van der Waals surface area contributed by atoms with Gasteiger partial charge in [0.2, 0.25) is 5.91 Å². The zero-order valence-corrected chi connectivity index (χ0v) is 14.8. The van der Waals surface area contributed by atoms with E-state index in [0.717, 1.165) is 5.56 Å². The summed E-state index contributed by atoms with van der Waals surface area (Å²) in [6, 6.07) is 8.26. The molecule has 2 N–H and O–H groups in total. The molecule has 0 unspecified atom stereocenters. The maximum Gasteiger partial charge on any atom is 0.308 e. The Labute approximate surface area is 152 Å². The van der Waals surface area contributed by atoms with Gasteiger partial charge in [0.05, 0.1) is 25.7 Å². The highest BCUT2D eigenvalue weighted by Gasteiger charge is 2.51. The average molecular weight is 361 g/mol. The van der Waals surface area contributed by atoms with Crippen molar-refractivity contribution in [1.29, 1.82) is 0 Å². The van der Waals surface area contributed by atoms with Crippen LogP contribution in [0.15, 0.2) is 36.4 Å². The van der Waals surface area contributed by atoms with Gasteiger partial charge in [0.15, 0.2) is 0 Å². The van der Waals surface area contributed by atoms with Gasteiger partial charge in [0.1, 0.15) is 11.4 Å². The van der Waals surface area contributed by atoms with E-state index in [-0.39, 0.29) is 25.0 Å². The molecule has 1 aromatic carbocycles. The summed E-state index contributed by atoms with van der Waals surface area (Å²) in [4.78, 5) is 35.9. The van der Waals surface area contributed by atoms with E-state index in [2.05, 4.69) is 10.1 Å². The number of esters is 1. The van der Waals surface area contributed by atoms with E-state index >= 15 is 0 Å². The number of ether oxygens (including phenoxy) is 2. The van der Waals surface area contributed by atoms with Crippen LogP contribution in [0.2, 0.25) is 0 Å². The molecular weight excluding hydrogens is 338 g/mol. The van der Waals surface area contributed by atoms with Gasteiger partial charge in [-0.1, -0.05) is 30.3 Å². The van der Waals surface area contributed by atoms with E-state index in [1.807, 2.05) is 30.3 Å². The highest BCUT2D eigenvalue weighted by atomic mass is 16.5. The van der Waals surface area contributed by atoms with Gasteiger partial charge in [0, 0.05) is 26.0 Å². The minimum Gasteiger partial charge on any atom is -0.469 e. The molecule has 1 aromatic rings. The van der Waals surface area contributed by atoms with E-state index in [1.165, 1.54) is 20.3 Å². The number of nitrogens with one attached hydrogen (secondary N) is 1. The summed E-state index contributed by atoms with van der Waals surface area (Å²) in [5, 5.41) is 13.6. The molecule has 0 aliphatic heterocycles. The number of methoxy groups -OCH3 is 2. The molecule has 3 atom stereocenters. The number of aliphatic hydroxyl groups is 1. The van der Waals surface area contributed by atoms with Crippen LogP contribution in [0.4, 0.5) is 0 Å². The lowest BCUT2D eigenvalue weighted by Gasteiger charge is -2.43. The summed E-state index contributed by atoms with van der Waals surface area (Å²) in [5.41, 5.74) is -0.895. The Bertz CT molecular complexity index is 687. The second-order valence-electron chi connectivity index (χ2n) is 6.22. The first-order valence-corrected chi connectivity index (χ1v) is 8.26. The van der Waals surface area contributed by atoms with Crippen molar-refractivity contribution in [3.05, 3.63) is 42.0 Å². The highest BCUT2D eigenvalue weighted by molar-refractivity contribution is 5.93. The van der Waals surface area contributed by atoms with Crippen LogP contribution in [0.3, 0.4) is 0 Å². The van der Waals surface area contributed by atoms with Gasteiger partial charge < -0.3 is 19.9 Å². The summed E-state index contributed by atoms with van der Waals surface area (Å²) in [7, 11) is 2.55. The van der Waals surface area contributed by atoms with E-state index in [1.54, 1.807) is 6.08 Å². The molecule has 0 aromatic heterocycles. The van der Waals surface area contributed by atoms with Crippen LogP contribution >= 0.6 is 0 Å². The Hall–Kier alpha value is -2.51. The maximum atomic E-state index is 12.3. The molecule has 1 amide bonds. The molecule has 1 aliphatic rings. The fraction of sp³-hybridized carbons (Fsp3) is 0.421. The average Bonchev–Trinajstić information content (AvgIpc) is 2.63. The molecule has 1 aliphatic carbocycles. The molecule has 1 saturated carbocycles. The first kappa shape index (κ1) is 19.8. The molecule has 1 fully saturated rings. The quantitative estimate of drug-likeness (QED) is 0.575. The van der Waals surface area contributed by atoms with Gasteiger partial charge >= 0.3 is 5.97 Å². The third-order valence-electron chi connectivity index (χ3n) is 4.49. The van der Waals surface area contributed by atoms with Gasteiger partial charge in [-0.25, -0.2) is 0 Å². The highest BCUT2D eigenvalue weighted by Crippen LogP contribution is 2.32. The second kappa shape index (κ2) is 8.73. The number of hydrogen-bond donors (Lipinski definition) is 2. The predicted octanol–water partition coefficient (Wildman–Crippen LogP) is 0.857. The fourth-order valence-corrected chi connectivity index (χ4v) is 3.06. The molecule has 7 heteroatoms. The molecule has 0 heterocycles. The standard InChI is InChI=1S/C19H23NO6/c1-25-16-11-14(21)10-15(19(16,24)12-18(23)26-2)20-17(22)9-8-13-6-4-3-5-7-13/h3-9,15-16,24H,10-12H2,1-2H3,(H,20,22)/b9-8+/t15-,16+,19+/m0/s1. The van der Waals surface area contributed by atoms with Gasteiger partial charge in [0.25, 0.3) is 0 Å². The van der Waals surface area contributed by atoms with Crippen LogP contribution in [0.25, 0.3) is 6.08 Å². The van der Waals surface area contributed by atoms with E-state index < -0.39 is 29.6 Å². The van der Waals surface area contributed by atoms with Crippen LogP contribution in [0.5, 0.6) is 0 Å². The number of hydrogen-bond acceptors (Lipinski definition) is 6. The first-order valence-electron chi connectivity index (χ1n) is 8.26. The number of ketones is 1. The van der Waals surface area contributed by atoms with E-state index in [9.17, 15) is 19.5 Å². The summed E-state index contributed by atoms with van der Waals surface area (Å²) in [6.07, 6.45) is 1.52. The van der Waals surface area contributed by atoms with Crippen molar-refractivity contribution in [1.82, 2.24) is 5.32 Å². The monoisotopic (exact) mass is 361 g/mol. The normalized spacial score (nSPS) is 25.9. The molecule has 2 rings (SSSR count). The maximum absolute atomic E-state index is 12.3. The predicted molar refractivity (Wildman–Crippen MR) is 94.0 cm³/mol. The number of benzene rings is 1.